The van der Waals surface area contributed by atoms with Crippen molar-refractivity contribution in [2.24, 2.45) is 11.5 Å². The van der Waals surface area contributed by atoms with Crippen LogP contribution in [0.1, 0.15) is 38.8 Å². The van der Waals surface area contributed by atoms with Crippen LogP contribution in [-0.2, 0) is 12.8 Å². The standard InChI is InChI=1S/C30H40N2O8/c1-16(2)6-8-20-22(38-14-18(33)12-31)10-24-27(28(20)35)29(36)26-21(9-7-17(3)4)30(37-5)25(11-23(26)40-24)39-15-19(34)13-32/h6-7,10-11,18-19,33-35H,8-9,12-15,31-32H2,1-5H3. The van der Waals surface area contributed by atoms with Gasteiger partial charge in [-0.25, -0.2) is 0 Å². The molecule has 3 aromatic rings. The van der Waals surface area contributed by atoms with Crippen LogP contribution in [0.15, 0.2) is 44.6 Å². The molecule has 2 atom stereocenters. The summed E-state index contributed by atoms with van der Waals surface area (Å²) in [5.74, 6) is 0.592. The highest BCUT2D eigenvalue weighted by Gasteiger charge is 2.25. The maximum Gasteiger partial charge on any atom is 0.204 e. The van der Waals surface area contributed by atoms with Gasteiger partial charge in [-0.2, -0.15) is 0 Å². The number of aliphatic hydroxyl groups is 2. The Morgan fingerprint density at radius 1 is 0.875 bits per heavy atom. The third-order valence-electron chi connectivity index (χ3n) is 6.35. The number of nitrogens with two attached hydrogens (primary N) is 2. The molecule has 1 aromatic heterocycles. The van der Waals surface area contributed by atoms with Crippen LogP contribution in [0, 0.1) is 0 Å². The van der Waals surface area contributed by atoms with Crippen LogP contribution in [0.2, 0.25) is 0 Å². The molecule has 0 saturated heterocycles. The Morgan fingerprint density at radius 3 is 1.90 bits per heavy atom. The van der Waals surface area contributed by atoms with Crippen molar-refractivity contribution < 1.29 is 33.9 Å². The Morgan fingerprint density at radius 2 is 1.38 bits per heavy atom. The fourth-order valence-electron chi connectivity index (χ4n) is 4.18. The first-order chi connectivity index (χ1) is 19.0. The van der Waals surface area contributed by atoms with Gasteiger partial charge in [0.1, 0.15) is 53.5 Å². The van der Waals surface area contributed by atoms with Gasteiger partial charge in [0.2, 0.25) is 5.43 Å². The number of aromatic hydroxyl groups is 1. The Bertz CT molecular complexity index is 1470. The first kappa shape index (κ1) is 31.0. The highest BCUT2D eigenvalue weighted by atomic mass is 16.5. The Balaban J connectivity index is 2.38. The number of rotatable bonds is 13. The molecule has 0 spiro atoms. The number of fused-ring (bicyclic) bond motifs is 2. The van der Waals surface area contributed by atoms with Crippen LogP contribution < -0.4 is 31.1 Å². The fraction of sp³-hybridized carbons (Fsp3) is 0.433. The summed E-state index contributed by atoms with van der Waals surface area (Å²) in [6.07, 6.45) is 2.66. The van der Waals surface area contributed by atoms with Gasteiger partial charge in [0.05, 0.1) is 12.5 Å². The molecule has 0 fully saturated rings. The molecule has 10 heteroatoms. The topological polar surface area (TPSA) is 171 Å². The normalized spacial score (nSPS) is 12.7. The zero-order valence-electron chi connectivity index (χ0n) is 23.7. The molecule has 0 amide bonds. The van der Waals surface area contributed by atoms with Gasteiger partial charge in [0, 0.05) is 36.3 Å². The van der Waals surface area contributed by atoms with Crippen molar-refractivity contribution in [2.45, 2.75) is 52.7 Å². The molecule has 2 aromatic carbocycles. The van der Waals surface area contributed by atoms with Gasteiger partial charge < -0.3 is 45.4 Å². The zero-order valence-corrected chi connectivity index (χ0v) is 23.7. The third-order valence-corrected chi connectivity index (χ3v) is 6.35. The smallest absolute Gasteiger partial charge is 0.204 e. The highest BCUT2D eigenvalue weighted by Crippen LogP contribution is 2.41. The van der Waals surface area contributed by atoms with E-state index < -0.39 is 17.6 Å². The summed E-state index contributed by atoms with van der Waals surface area (Å²) in [7, 11) is 1.47. The van der Waals surface area contributed by atoms with E-state index in [9.17, 15) is 20.1 Å². The number of benzene rings is 2. The largest absolute Gasteiger partial charge is 0.507 e. The lowest BCUT2D eigenvalue weighted by atomic mass is 9.98. The molecular formula is C30H40N2O8. The molecule has 0 aliphatic rings. The molecule has 0 saturated carbocycles. The molecule has 218 valence electrons. The average molecular weight is 557 g/mol. The van der Waals surface area contributed by atoms with E-state index in [1.54, 1.807) is 0 Å². The van der Waals surface area contributed by atoms with Crippen molar-refractivity contribution >= 4 is 21.9 Å². The molecule has 0 radical (unpaired) electrons. The summed E-state index contributed by atoms with van der Waals surface area (Å²) in [4.78, 5) is 14.1. The summed E-state index contributed by atoms with van der Waals surface area (Å²) >= 11 is 0. The van der Waals surface area contributed by atoms with Crippen molar-refractivity contribution in [3.8, 4) is 23.0 Å². The van der Waals surface area contributed by atoms with Crippen LogP contribution in [0.5, 0.6) is 23.0 Å². The summed E-state index contributed by atoms with van der Waals surface area (Å²) in [5, 5.41) is 31.6. The molecule has 0 aliphatic carbocycles. The molecule has 0 bridgehead atoms. The third kappa shape index (κ3) is 6.95. The number of hydrogen-bond acceptors (Lipinski definition) is 10. The first-order valence-corrected chi connectivity index (χ1v) is 13.2. The Kier molecular flexibility index (Phi) is 10.6. The van der Waals surface area contributed by atoms with E-state index in [-0.39, 0.29) is 65.5 Å². The van der Waals surface area contributed by atoms with E-state index in [2.05, 4.69) is 0 Å². The predicted molar refractivity (Wildman–Crippen MR) is 156 cm³/mol. The SMILES string of the molecule is COc1c(OCC(O)CN)cc2oc3cc(OCC(O)CN)c(CC=C(C)C)c(O)c3c(=O)c2c1CC=C(C)C. The van der Waals surface area contributed by atoms with E-state index in [1.807, 2.05) is 39.8 Å². The van der Waals surface area contributed by atoms with E-state index in [4.69, 9.17) is 30.1 Å². The highest BCUT2D eigenvalue weighted by molar-refractivity contribution is 5.98. The van der Waals surface area contributed by atoms with Gasteiger partial charge in [-0.05, 0) is 40.5 Å². The lowest BCUT2D eigenvalue weighted by Gasteiger charge is -2.19. The lowest BCUT2D eigenvalue weighted by Crippen LogP contribution is -2.26. The lowest BCUT2D eigenvalue weighted by molar-refractivity contribution is 0.112. The Labute approximate surface area is 233 Å². The van der Waals surface area contributed by atoms with Gasteiger partial charge in [-0.3, -0.25) is 4.79 Å². The van der Waals surface area contributed by atoms with Crippen molar-refractivity contribution in [2.75, 3.05) is 33.4 Å². The molecule has 40 heavy (non-hydrogen) atoms. The molecule has 7 N–H and O–H groups in total. The monoisotopic (exact) mass is 556 g/mol. The predicted octanol–water partition coefficient (Wildman–Crippen LogP) is 3.07. The molecule has 1 heterocycles. The minimum Gasteiger partial charge on any atom is -0.507 e. The average Bonchev–Trinajstić information content (AvgIpc) is 2.91. The number of phenolic OH excluding ortho intramolecular Hbond substituents is 1. The van der Waals surface area contributed by atoms with Crippen molar-refractivity contribution in [3.63, 3.8) is 0 Å². The number of methoxy groups -OCH3 is 1. The summed E-state index contributed by atoms with van der Waals surface area (Å²) in [5.41, 5.74) is 13.9. The van der Waals surface area contributed by atoms with Crippen molar-refractivity contribution in [3.05, 3.63) is 56.8 Å². The fourth-order valence-corrected chi connectivity index (χ4v) is 4.18. The van der Waals surface area contributed by atoms with E-state index in [0.717, 1.165) is 11.1 Å². The number of phenols is 1. The van der Waals surface area contributed by atoms with Crippen LogP contribution >= 0.6 is 0 Å². The van der Waals surface area contributed by atoms with Gasteiger partial charge in [0.15, 0.2) is 11.5 Å². The van der Waals surface area contributed by atoms with Gasteiger partial charge in [-0.15, -0.1) is 0 Å². The van der Waals surface area contributed by atoms with Crippen LogP contribution in [0.3, 0.4) is 0 Å². The minimum absolute atomic E-state index is 0.000505. The molecule has 0 aliphatic heterocycles. The van der Waals surface area contributed by atoms with E-state index in [1.165, 1.54) is 19.2 Å². The minimum atomic E-state index is -0.911. The van der Waals surface area contributed by atoms with E-state index >= 15 is 0 Å². The van der Waals surface area contributed by atoms with Gasteiger partial charge >= 0.3 is 0 Å². The quantitative estimate of drug-likeness (QED) is 0.156. The molecule has 2 unspecified atom stereocenters. The summed E-state index contributed by atoms with van der Waals surface area (Å²) in [6.45, 7) is 7.54. The number of allylic oxidation sites excluding steroid dienone is 4. The second kappa shape index (κ2) is 13.7. The molecule has 10 nitrogen and oxygen atoms in total. The van der Waals surface area contributed by atoms with Gasteiger partial charge in [-0.1, -0.05) is 23.3 Å². The second-order valence-corrected chi connectivity index (χ2v) is 10.1. The van der Waals surface area contributed by atoms with Gasteiger partial charge in [0.25, 0.3) is 0 Å². The van der Waals surface area contributed by atoms with E-state index in [0.29, 0.717) is 29.7 Å². The van der Waals surface area contributed by atoms with Crippen LogP contribution in [0.4, 0.5) is 0 Å². The first-order valence-electron chi connectivity index (χ1n) is 13.2. The van der Waals surface area contributed by atoms with Crippen LogP contribution in [-0.4, -0.2) is 60.9 Å². The second-order valence-electron chi connectivity index (χ2n) is 10.1. The maximum absolute atomic E-state index is 14.1. The number of hydrogen-bond donors (Lipinski definition) is 5. The number of ether oxygens (including phenoxy) is 3. The Hall–Kier alpha value is -3.57. The molecule has 3 rings (SSSR count). The summed E-state index contributed by atoms with van der Waals surface area (Å²) in [6, 6.07) is 3.06. The van der Waals surface area contributed by atoms with Crippen LogP contribution in [0.25, 0.3) is 21.9 Å². The van der Waals surface area contributed by atoms with Crippen molar-refractivity contribution in [1.29, 1.82) is 0 Å². The maximum atomic E-state index is 14.1. The summed E-state index contributed by atoms with van der Waals surface area (Å²) < 4.78 is 23.5. The zero-order chi connectivity index (χ0) is 29.6. The molecular weight excluding hydrogens is 516 g/mol. The number of aliphatic hydroxyl groups excluding tert-OH is 2. The van der Waals surface area contributed by atoms with Crippen molar-refractivity contribution in [1.82, 2.24) is 0 Å².